The zero-order chi connectivity index (χ0) is 10.3. The number of hydrogen-bond donors (Lipinski definition) is 0. The summed E-state index contributed by atoms with van der Waals surface area (Å²) in [4.78, 5) is 6.84. The fourth-order valence-electron chi connectivity index (χ4n) is 0.904. The summed E-state index contributed by atoms with van der Waals surface area (Å²) in [5.74, 6) is 0. The van der Waals surface area contributed by atoms with E-state index in [0.717, 1.165) is 0 Å². The van der Waals surface area contributed by atoms with E-state index in [1.807, 2.05) is 11.4 Å². The van der Waals surface area contributed by atoms with Gasteiger partial charge in [-0.25, -0.2) is 0 Å². The molecule has 0 N–H and O–H groups in total. The third kappa shape index (κ3) is 2.95. The van der Waals surface area contributed by atoms with Gasteiger partial charge in [0.25, 0.3) is 0 Å². The van der Waals surface area contributed by atoms with Crippen molar-refractivity contribution < 1.29 is 8.42 Å². The van der Waals surface area contributed by atoms with Crippen LogP contribution in [0.2, 0.25) is 14.8 Å². The summed E-state index contributed by atoms with van der Waals surface area (Å²) in [5.41, 5.74) is 0. The molecule has 0 aromatic carbocycles. The first kappa shape index (κ1) is 11.5. The Kier molecular flexibility index (Phi) is 3.14. The second-order valence-corrected chi connectivity index (χ2v) is 21.8. The molecule has 0 saturated carbocycles. The molecule has 0 aliphatic rings. The first-order chi connectivity index (χ1) is 5.71. The first-order valence-corrected chi connectivity index (χ1v) is 16.8. The Bertz CT molecular complexity index is 398. The van der Waals surface area contributed by atoms with Crippen LogP contribution in [0.3, 0.4) is 0 Å². The second-order valence-electron chi connectivity index (χ2n) is 4.18. The van der Waals surface area contributed by atoms with Crippen molar-refractivity contribution in [1.29, 1.82) is 0 Å². The Labute approximate surface area is 87.8 Å². The average Bonchev–Trinajstić information content (AvgIpc) is 2.28. The quantitative estimate of drug-likeness (QED) is 0.776. The Hall–Kier alpha value is 0.449. The standard InChI is InChI=1S/C5H5O2S2.3CH3.Sn/c1-9(6,7)5-3-2-4-8-5;;;;/h3-4H,1H3;3*1H3;. The van der Waals surface area contributed by atoms with E-state index < -0.39 is 28.2 Å². The molecule has 0 aliphatic carbocycles. The van der Waals surface area contributed by atoms with Crippen molar-refractivity contribution in [3.63, 3.8) is 0 Å². The zero-order valence-corrected chi connectivity index (χ0v) is 12.8. The average molecular weight is 325 g/mol. The molecule has 2 nitrogen and oxygen atoms in total. The van der Waals surface area contributed by atoms with Crippen molar-refractivity contribution in [2.45, 2.75) is 19.0 Å². The van der Waals surface area contributed by atoms with Gasteiger partial charge in [0.15, 0.2) is 0 Å². The van der Waals surface area contributed by atoms with E-state index in [1.165, 1.54) is 21.2 Å². The fraction of sp³-hybridized carbons (Fsp3) is 0.500. The first-order valence-electron chi connectivity index (χ1n) is 4.00. The monoisotopic (exact) mass is 326 g/mol. The van der Waals surface area contributed by atoms with Gasteiger partial charge in [0, 0.05) is 0 Å². The summed E-state index contributed by atoms with van der Waals surface area (Å²) in [7, 11) is -2.99. The van der Waals surface area contributed by atoms with Crippen LogP contribution in [0.25, 0.3) is 0 Å². The van der Waals surface area contributed by atoms with Crippen molar-refractivity contribution >= 4 is 43.1 Å². The fourth-order valence-corrected chi connectivity index (χ4v) is 8.73. The van der Waals surface area contributed by atoms with Gasteiger partial charge in [-0.05, 0) is 0 Å². The van der Waals surface area contributed by atoms with Crippen LogP contribution in [0.15, 0.2) is 15.7 Å². The zero-order valence-electron chi connectivity index (χ0n) is 8.29. The van der Waals surface area contributed by atoms with E-state index in [9.17, 15) is 8.42 Å². The van der Waals surface area contributed by atoms with Crippen LogP contribution < -0.4 is 3.58 Å². The van der Waals surface area contributed by atoms with E-state index in [1.54, 1.807) is 0 Å². The molecule has 1 aromatic rings. The predicted molar refractivity (Wildman–Crippen MR) is 60.4 cm³/mol. The van der Waals surface area contributed by atoms with Crippen LogP contribution in [-0.4, -0.2) is 33.1 Å². The van der Waals surface area contributed by atoms with Gasteiger partial charge >= 0.3 is 88.3 Å². The van der Waals surface area contributed by atoms with Crippen LogP contribution in [0.1, 0.15) is 0 Å². The second kappa shape index (κ2) is 3.55. The summed E-state index contributed by atoms with van der Waals surface area (Å²) >= 11 is -0.700. The molecule has 0 spiro atoms. The Morgan fingerprint density at radius 2 is 1.85 bits per heavy atom. The normalized spacial score (nSPS) is 13.2. The molecule has 0 radical (unpaired) electrons. The number of thiophene rings is 1. The van der Waals surface area contributed by atoms with E-state index in [2.05, 4.69) is 14.8 Å². The third-order valence-corrected chi connectivity index (χ3v) is 10.9. The Morgan fingerprint density at radius 3 is 2.08 bits per heavy atom. The molecule has 0 saturated heterocycles. The van der Waals surface area contributed by atoms with E-state index in [0.29, 0.717) is 4.21 Å². The molecule has 74 valence electrons. The van der Waals surface area contributed by atoms with Gasteiger partial charge in [-0.3, -0.25) is 0 Å². The van der Waals surface area contributed by atoms with Crippen LogP contribution >= 0.6 is 11.3 Å². The maximum absolute atomic E-state index is 11.2. The summed E-state index contributed by atoms with van der Waals surface area (Å²) in [6, 6.07) is 1.86. The third-order valence-electron chi connectivity index (χ3n) is 1.81. The molecule has 0 aliphatic heterocycles. The topological polar surface area (TPSA) is 34.1 Å². The molecular formula is C8H14O2S2Sn. The summed E-state index contributed by atoms with van der Waals surface area (Å²) in [6.45, 7) is 0. The molecule has 1 rings (SSSR count). The van der Waals surface area contributed by atoms with Crippen LogP contribution in [0, 0.1) is 0 Å². The van der Waals surface area contributed by atoms with Crippen molar-refractivity contribution in [3.8, 4) is 0 Å². The minimum absolute atomic E-state index is 0.508. The molecule has 5 heteroatoms. The van der Waals surface area contributed by atoms with Gasteiger partial charge in [0.1, 0.15) is 0 Å². The molecule has 13 heavy (non-hydrogen) atoms. The van der Waals surface area contributed by atoms with Crippen molar-refractivity contribution in [2.24, 2.45) is 0 Å². The van der Waals surface area contributed by atoms with Crippen molar-refractivity contribution in [1.82, 2.24) is 0 Å². The van der Waals surface area contributed by atoms with Gasteiger partial charge in [0.2, 0.25) is 0 Å². The molecule has 0 atom stereocenters. The molecule has 0 fully saturated rings. The van der Waals surface area contributed by atoms with Crippen LogP contribution in [0.4, 0.5) is 0 Å². The summed E-state index contributed by atoms with van der Waals surface area (Å²) in [6.07, 6.45) is 1.26. The number of hydrogen-bond acceptors (Lipinski definition) is 3. The van der Waals surface area contributed by atoms with E-state index in [4.69, 9.17) is 0 Å². The van der Waals surface area contributed by atoms with Gasteiger partial charge in [-0.1, -0.05) is 0 Å². The molecule has 1 aromatic heterocycles. The molecule has 0 bridgehead atoms. The Morgan fingerprint density at radius 1 is 1.31 bits per heavy atom. The van der Waals surface area contributed by atoms with E-state index >= 15 is 0 Å². The molecular weight excluding hydrogens is 311 g/mol. The minimum atomic E-state index is -2.99. The number of sulfone groups is 1. The van der Waals surface area contributed by atoms with Crippen molar-refractivity contribution in [3.05, 3.63) is 11.4 Å². The molecule has 0 amide bonds. The van der Waals surface area contributed by atoms with Gasteiger partial charge in [0.05, 0.1) is 0 Å². The van der Waals surface area contributed by atoms with Gasteiger partial charge < -0.3 is 0 Å². The SMILES string of the molecule is CS(=O)(=O)c1c[c]([Sn]([CH3])([CH3])[CH3])cs1. The van der Waals surface area contributed by atoms with Gasteiger partial charge in [-0.15, -0.1) is 0 Å². The predicted octanol–water partition coefficient (Wildman–Crippen LogP) is 1.70. The maximum atomic E-state index is 11.2. The summed E-state index contributed by atoms with van der Waals surface area (Å²) < 4.78 is 24.2. The number of rotatable bonds is 2. The van der Waals surface area contributed by atoms with Crippen molar-refractivity contribution in [2.75, 3.05) is 6.26 Å². The van der Waals surface area contributed by atoms with Crippen LogP contribution in [0.5, 0.6) is 0 Å². The van der Waals surface area contributed by atoms with Crippen LogP contribution in [-0.2, 0) is 9.84 Å². The Balaban J connectivity index is 3.16. The molecule has 1 heterocycles. The van der Waals surface area contributed by atoms with Gasteiger partial charge in [-0.2, -0.15) is 0 Å². The molecule has 0 unspecified atom stereocenters. The summed E-state index contributed by atoms with van der Waals surface area (Å²) in [5, 5.41) is 2.01. The van der Waals surface area contributed by atoms with E-state index in [-0.39, 0.29) is 0 Å².